The molecule has 0 unspecified atom stereocenters. The Morgan fingerprint density at radius 1 is 1.41 bits per heavy atom. The zero-order valence-electron chi connectivity index (χ0n) is 11.0. The minimum atomic E-state index is -4.52. The van der Waals surface area contributed by atoms with Crippen molar-refractivity contribution in [3.05, 3.63) is 39.9 Å². The van der Waals surface area contributed by atoms with Gasteiger partial charge in [0.1, 0.15) is 10.8 Å². The van der Waals surface area contributed by atoms with Crippen LogP contribution in [0, 0.1) is 0 Å². The summed E-state index contributed by atoms with van der Waals surface area (Å²) in [6.45, 7) is 0. The molecule has 1 aromatic carbocycles. The van der Waals surface area contributed by atoms with E-state index in [4.69, 9.17) is 23.2 Å². The molecule has 0 aliphatic heterocycles. The molecule has 1 heterocycles. The van der Waals surface area contributed by atoms with Crippen LogP contribution in [0.3, 0.4) is 0 Å². The van der Waals surface area contributed by atoms with E-state index >= 15 is 0 Å². The van der Waals surface area contributed by atoms with Crippen LogP contribution in [-0.2, 0) is 12.6 Å². The van der Waals surface area contributed by atoms with Gasteiger partial charge in [-0.3, -0.25) is 0 Å². The van der Waals surface area contributed by atoms with E-state index in [1.54, 1.807) is 5.38 Å². The van der Waals surface area contributed by atoms with Gasteiger partial charge in [-0.2, -0.15) is 18.3 Å². The summed E-state index contributed by atoms with van der Waals surface area (Å²) >= 11 is 6.79. The number of nitrogens with one attached hydrogen (secondary N) is 1. The van der Waals surface area contributed by atoms with Gasteiger partial charge in [-0.05, 0) is 12.1 Å². The number of thiazole rings is 1. The molecule has 0 aliphatic rings. The summed E-state index contributed by atoms with van der Waals surface area (Å²) in [5.41, 5.74) is 7.65. The van der Waals surface area contributed by atoms with Gasteiger partial charge < -0.3 is 5.73 Å². The van der Waals surface area contributed by atoms with Crippen LogP contribution in [0.4, 0.5) is 13.2 Å². The molecule has 5 nitrogen and oxygen atoms in total. The van der Waals surface area contributed by atoms with E-state index in [1.165, 1.54) is 23.5 Å². The Hall–Kier alpha value is -1.84. The van der Waals surface area contributed by atoms with E-state index in [-0.39, 0.29) is 17.3 Å². The van der Waals surface area contributed by atoms with Crippen LogP contribution >= 0.6 is 22.9 Å². The first-order valence-corrected chi connectivity index (χ1v) is 7.16. The fourth-order valence-corrected chi connectivity index (χ4v) is 2.75. The van der Waals surface area contributed by atoms with Gasteiger partial charge in [0.05, 0.1) is 22.7 Å². The van der Waals surface area contributed by atoms with Crippen molar-refractivity contribution in [2.45, 2.75) is 12.6 Å². The van der Waals surface area contributed by atoms with E-state index < -0.39 is 11.7 Å². The number of nitrogens with zero attached hydrogens (tertiary/aromatic N) is 2. The normalized spacial score (nSPS) is 12.5. The largest absolute Gasteiger partial charge is 0.417 e. The lowest BCUT2D eigenvalue weighted by Crippen LogP contribution is -2.23. The molecule has 0 radical (unpaired) electrons. The van der Waals surface area contributed by atoms with Crippen molar-refractivity contribution in [2.75, 3.05) is 0 Å². The molecule has 0 saturated heterocycles. The molecule has 5 N–H and O–H groups in total. The van der Waals surface area contributed by atoms with Gasteiger partial charge in [0.2, 0.25) is 0 Å². The fourth-order valence-electron chi connectivity index (χ4n) is 1.70. The smallest absolute Gasteiger partial charge is 0.385 e. The molecule has 118 valence electrons. The average molecular weight is 350 g/mol. The first kappa shape index (κ1) is 16.5. The van der Waals surface area contributed by atoms with E-state index in [1.807, 2.05) is 0 Å². The van der Waals surface area contributed by atoms with Gasteiger partial charge in [0.25, 0.3) is 0 Å². The van der Waals surface area contributed by atoms with Crippen LogP contribution in [0.15, 0.2) is 28.7 Å². The molecule has 10 heteroatoms. The van der Waals surface area contributed by atoms with Gasteiger partial charge in [-0.15, -0.1) is 11.3 Å². The number of hydrogen-bond acceptors (Lipinski definition) is 5. The number of amidine groups is 1. The number of halogens is 4. The number of hydrogen-bond donors (Lipinski definition) is 3. The maximum atomic E-state index is 12.9. The van der Waals surface area contributed by atoms with E-state index in [0.29, 0.717) is 16.3 Å². The zero-order valence-corrected chi connectivity index (χ0v) is 12.6. The number of alkyl halides is 3. The average Bonchev–Trinajstić information content (AvgIpc) is 2.86. The summed E-state index contributed by atoms with van der Waals surface area (Å²) < 4.78 is 38.6. The van der Waals surface area contributed by atoms with Crippen molar-refractivity contribution in [2.24, 2.45) is 16.7 Å². The van der Waals surface area contributed by atoms with Crippen molar-refractivity contribution < 1.29 is 13.2 Å². The van der Waals surface area contributed by atoms with Gasteiger partial charge >= 0.3 is 6.18 Å². The highest BCUT2D eigenvalue weighted by Gasteiger charge is 2.33. The molecule has 0 spiro atoms. The van der Waals surface area contributed by atoms with Crippen LogP contribution < -0.4 is 17.1 Å². The minimum Gasteiger partial charge on any atom is -0.385 e. The minimum absolute atomic E-state index is 0.214. The molecule has 22 heavy (non-hydrogen) atoms. The molecule has 0 bridgehead atoms. The van der Waals surface area contributed by atoms with Crippen LogP contribution in [0.5, 0.6) is 0 Å². The maximum Gasteiger partial charge on any atom is 0.417 e. The maximum absolute atomic E-state index is 12.9. The highest BCUT2D eigenvalue weighted by molar-refractivity contribution is 7.13. The second-order valence-corrected chi connectivity index (χ2v) is 5.51. The highest BCUT2D eigenvalue weighted by Crippen LogP contribution is 2.37. The first-order valence-electron chi connectivity index (χ1n) is 5.90. The van der Waals surface area contributed by atoms with Gasteiger partial charge in [-0.1, -0.05) is 17.7 Å². The van der Waals surface area contributed by atoms with E-state index in [0.717, 1.165) is 6.07 Å². The van der Waals surface area contributed by atoms with E-state index in [9.17, 15) is 13.2 Å². The standard InChI is InChI=1S/C12H11ClF3N5S/c13-9-2-1-6(3-8(9)12(14,15)16)11-19-7(5-22-11)4-10(17)20-21-18/h1-3,5,21H,4,18H2,(H2,17,20). The van der Waals surface area contributed by atoms with Crippen molar-refractivity contribution >= 4 is 28.8 Å². The highest BCUT2D eigenvalue weighted by atomic mass is 35.5. The zero-order chi connectivity index (χ0) is 16.3. The van der Waals surface area contributed by atoms with Crippen molar-refractivity contribution in [3.8, 4) is 10.6 Å². The quantitative estimate of drug-likeness (QED) is 0.343. The second-order valence-electron chi connectivity index (χ2n) is 4.25. The molecular weight excluding hydrogens is 339 g/mol. The molecule has 0 amide bonds. The number of hydrazone groups is 1. The number of aromatic nitrogens is 1. The Kier molecular flexibility index (Phi) is 4.89. The fraction of sp³-hybridized carbons (Fsp3) is 0.167. The molecule has 2 rings (SSSR count). The Bertz CT molecular complexity index is 698. The molecule has 0 saturated carbocycles. The van der Waals surface area contributed by atoms with Gasteiger partial charge in [0.15, 0.2) is 0 Å². The SMILES string of the molecule is NN/N=C(\N)Cc1csc(-c2ccc(Cl)c(C(F)(F)F)c2)n1. The summed E-state index contributed by atoms with van der Waals surface area (Å²) in [7, 11) is 0. The second kappa shape index (κ2) is 6.51. The summed E-state index contributed by atoms with van der Waals surface area (Å²) in [5.74, 6) is 5.21. The molecule has 0 aliphatic carbocycles. The summed E-state index contributed by atoms with van der Waals surface area (Å²) in [6.07, 6.45) is -4.28. The van der Waals surface area contributed by atoms with Crippen molar-refractivity contribution in [1.29, 1.82) is 0 Å². The van der Waals surface area contributed by atoms with Crippen molar-refractivity contribution in [3.63, 3.8) is 0 Å². The van der Waals surface area contributed by atoms with Crippen LogP contribution in [0.2, 0.25) is 5.02 Å². The number of nitrogens with two attached hydrogens (primary N) is 2. The van der Waals surface area contributed by atoms with Crippen LogP contribution in [-0.4, -0.2) is 10.8 Å². The van der Waals surface area contributed by atoms with E-state index in [2.05, 4.69) is 15.6 Å². The third-order valence-corrected chi connectivity index (χ3v) is 3.91. The Morgan fingerprint density at radius 2 is 2.14 bits per heavy atom. The monoisotopic (exact) mass is 349 g/mol. The molecular formula is C12H11ClF3N5S. The molecule has 0 fully saturated rings. The summed E-state index contributed by atoms with van der Waals surface area (Å²) in [4.78, 5) is 4.23. The van der Waals surface area contributed by atoms with Crippen LogP contribution in [0.25, 0.3) is 10.6 Å². The number of rotatable bonds is 4. The van der Waals surface area contributed by atoms with Crippen LogP contribution in [0.1, 0.15) is 11.3 Å². The summed E-state index contributed by atoms with van der Waals surface area (Å²) in [5, 5.41) is 5.36. The molecule has 2 aromatic rings. The third kappa shape index (κ3) is 3.87. The third-order valence-electron chi connectivity index (χ3n) is 2.64. The van der Waals surface area contributed by atoms with Gasteiger partial charge in [0, 0.05) is 10.9 Å². The molecule has 0 atom stereocenters. The number of hydrazine groups is 1. The predicted octanol–water partition coefficient (Wildman–Crippen LogP) is 2.76. The Labute approximate surface area is 132 Å². The Balaban J connectivity index is 2.30. The Morgan fingerprint density at radius 3 is 2.77 bits per heavy atom. The molecule has 1 aromatic heterocycles. The topological polar surface area (TPSA) is 89.3 Å². The predicted molar refractivity (Wildman–Crippen MR) is 80.2 cm³/mol. The lowest BCUT2D eigenvalue weighted by atomic mass is 10.1. The first-order chi connectivity index (χ1) is 10.3. The van der Waals surface area contributed by atoms with Gasteiger partial charge in [-0.25, -0.2) is 16.4 Å². The lowest BCUT2D eigenvalue weighted by Gasteiger charge is -2.09. The summed E-state index contributed by atoms with van der Waals surface area (Å²) in [6, 6.07) is 3.66. The number of benzene rings is 1. The lowest BCUT2D eigenvalue weighted by molar-refractivity contribution is -0.137. The van der Waals surface area contributed by atoms with Crippen molar-refractivity contribution in [1.82, 2.24) is 10.5 Å².